The molecule has 9 heteroatoms. The average molecular weight is 411 g/mol. The first-order valence-electron chi connectivity index (χ1n) is 8.89. The van der Waals surface area contributed by atoms with Gasteiger partial charge in [0.25, 0.3) is 5.91 Å². The Bertz CT molecular complexity index is 1020. The molecule has 0 aliphatic heterocycles. The van der Waals surface area contributed by atoms with Crippen LogP contribution >= 0.6 is 0 Å². The number of hydrogen-bond donors (Lipinski definition) is 3. The minimum Gasteiger partial charge on any atom is -0.462 e. The third-order valence-corrected chi connectivity index (χ3v) is 3.83. The van der Waals surface area contributed by atoms with Gasteiger partial charge >= 0.3 is 0 Å². The quantitative estimate of drug-likeness (QED) is 0.429. The maximum atomic E-state index is 13.1. The zero-order valence-electron chi connectivity index (χ0n) is 16.6. The molecule has 2 rings (SSSR count). The maximum absolute atomic E-state index is 13.1. The Kier molecular flexibility index (Phi) is 7.40. The molecule has 0 fully saturated rings. The average Bonchev–Trinajstić information content (AvgIpc) is 2.72. The molecule has 156 valence electrons. The van der Waals surface area contributed by atoms with Gasteiger partial charge in [-0.25, -0.2) is 14.4 Å². The van der Waals surface area contributed by atoms with Gasteiger partial charge in [-0.05, 0) is 56.3 Å². The first kappa shape index (κ1) is 22.3. The van der Waals surface area contributed by atoms with Gasteiger partial charge in [-0.15, -0.1) is 0 Å². The number of benzene rings is 1. The Morgan fingerprint density at radius 2 is 1.87 bits per heavy atom. The summed E-state index contributed by atoms with van der Waals surface area (Å²) in [6.45, 7) is 6.57. The molecule has 5 N–H and O–H groups in total. The SMILES string of the molecule is C=CC(F)=CC=C(C)Oc1ccc(-c2nc(NC(C)C(N)=O)cc(C(N)=O)n2)cc1. The summed E-state index contributed by atoms with van der Waals surface area (Å²) < 4.78 is 18.7. The standard InChI is InChI=1S/C21H22FN5O3/c1-4-15(22)8-5-12(2)30-16-9-6-14(7-10-16)21-26-17(20(24)29)11-18(27-21)25-13(3)19(23)28/h4-11,13H,1H2,2-3H3,(H2,23,28)(H2,24,29)(H,25,26,27). The number of nitrogens with zero attached hydrogens (tertiary/aromatic N) is 2. The van der Waals surface area contributed by atoms with Crippen molar-refractivity contribution < 1.29 is 18.7 Å². The maximum Gasteiger partial charge on any atom is 0.267 e. The van der Waals surface area contributed by atoms with Crippen molar-refractivity contribution in [3.8, 4) is 17.1 Å². The van der Waals surface area contributed by atoms with Crippen molar-refractivity contribution in [2.45, 2.75) is 19.9 Å². The van der Waals surface area contributed by atoms with Gasteiger partial charge in [-0.1, -0.05) is 6.58 Å². The Balaban J connectivity index is 2.28. The van der Waals surface area contributed by atoms with Crippen molar-refractivity contribution in [2.24, 2.45) is 11.5 Å². The van der Waals surface area contributed by atoms with Gasteiger partial charge in [-0.2, -0.15) is 0 Å². The number of halogens is 1. The van der Waals surface area contributed by atoms with Crippen molar-refractivity contribution in [3.63, 3.8) is 0 Å². The highest BCUT2D eigenvalue weighted by molar-refractivity contribution is 5.92. The summed E-state index contributed by atoms with van der Waals surface area (Å²) in [4.78, 5) is 31.4. The highest BCUT2D eigenvalue weighted by Crippen LogP contribution is 2.23. The molecule has 2 amide bonds. The van der Waals surface area contributed by atoms with E-state index in [2.05, 4.69) is 21.9 Å². The van der Waals surface area contributed by atoms with Crippen LogP contribution in [0.15, 0.2) is 66.7 Å². The summed E-state index contributed by atoms with van der Waals surface area (Å²) in [5.74, 6) is -0.367. The number of hydrogen-bond acceptors (Lipinski definition) is 6. The number of carbonyl (C=O) groups excluding carboxylic acids is 2. The van der Waals surface area contributed by atoms with Gasteiger partial charge < -0.3 is 21.5 Å². The summed E-state index contributed by atoms with van der Waals surface area (Å²) in [6, 6.07) is 7.33. The number of nitrogens with one attached hydrogen (secondary N) is 1. The number of aromatic nitrogens is 2. The fourth-order valence-corrected chi connectivity index (χ4v) is 2.23. The Morgan fingerprint density at radius 1 is 1.20 bits per heavy atom. The zero-order chi connectivity index (χ0) is 22.3. The third kappa shape index (κ3) is 6.26. The monoisotopic (exact) mass is 411 g/mol. The van der Waals surface area contributed by atoms with E-state index in [4.69, 9.17) is 16.2 Å². The lowest BCUT2D eigenvalue weighted by molar-refractivity contribution is -0.118. The predicted octanol–water partition coefficient (Wildman–Crippen LogP) is 2.85. The van der Waals surface area contributed by atoms with Crippen LogP contribution in [0.25, 0.3) is 11.4 Å². The van der Waals surface area contributed by atoms with E-state index >= 15 is 0 Å². The fraction of sp³-hybridized carbons (Fsp3) is 0.143. The Hall–Kier alpha value is -4.01. The lowest BCUT2D eigenvalue weighted by atomic mass is 10.2. The van der Waals surface area contributed by atoms with Crippen LogP contribution in [0.1, 0.15) is 24.3 Å². The van der Waals surface area contributed by atoms with E-state index in [-0.39, 0.29) is 17.3 Å². The van der Waals surface area contributed by atoms with Gasteiger partial charge in [-0.3, -0.25) is 9.59 Å². The molecule has 0 saturated heterocycles. The van der Waals surface area contributed by atoms with Crippen molar-refractivity contribution >= 4 is 17.6 Å². The van der Waals surface area contributed by atoms with Crippen molar-refractivity contribution in [1.82, 2.24) is 9.97 Å². The highest BCUT2D eigenvalue weighted by atomic mass is 19.1. The van der Waals surface area contributed by atoms with E-state index in [0.29, 0.717) is 17.1 Å². The van der Waals surface area contributed by atoms with Crippen LogP contribution in [0.5, 0.6) is 5.75 Å². The van der Waals surface area contributed by atoms with Crippen LogP contribution in [0, 0.1) is 0 Å². The molecule has 1 aromatic carbocycles. The minimum atomic E-state index is -0.742. The molecule has 8 nitrogen and oxygen atoms in total. The summed E-state index contributed by atoms with van der Waals surface area (Å²) in [7, 11) is 0. The minimum absolute atomic E-state index is 0.0192. The normalized spacial score (nSPS) is 12.8. The molecule has 0 saturated carbocycles. The third-order valence-electron chi connectivity index (χ3n) is 3.83. The van der Waals surface area contributed by atoms with Gasteiger partial charge in [0.2, 0.25) is 5.91 Å². The van der Waals surface area contributed by atoms with Crippen LogP contribution in [-0.4, -0.2) is 27.8 Å². The molecule has 1 unspecified atom stereocenters. The molecule has 30 heavy (non-hydrogen) atoms. The van der Waals surface area contributed by atoms with Crippen LogP contribution in [0.2, 0.25) is 0 Å². The molecule has 0 aliphatic carbocycles. The van der Waals surface area contributed by atoms with E-state index < -0.39 is 23.7 Å². The lowest BCUT2D eigenvalue weighted by Crippen LogP contribution is -2.33. The van der Waals surface area contributed by atoms with Crippen LogP contribution < -0.4 is 21.5 Å². The number of nitrogens with two attached hydrogens (primary N) is 2. The van der Waals surface area contributed by atoms with Crippen LogP contribution in [0.3, 0.4) is 0 Å². The lowest BCUT2D eigenvalue weighted by Gasteiger charge is -2.13. The summed E-state index contributed by atoms with van der Waals surface area (Å²) in [5, 5.41) is 2.80. The van der Waals surface area contributed by atoms with E-state index in [1.165, 1.54) is 18.2 Å². The molecular formula is C21H22FN5O3. The molecule has 1 atom stereocenters. The first-order chi connectivity index (χ1) is 14.2. The second-order valence-corrected chi connectivity index (χ2v) is 6.25. The molecule has 1 aromatic heterocycles. The van der Waals surface area contributed by atoms with Crippen molar-refractivity contribution in [1.29, 1.82) is 0 Å². The van der Waals surface area contributed by atoms with E-state index in [9.17, 15) is 14.0 Å². The van der Waals surface area contributed by atoms with Gasteiger partial charge in [0.05, 0.1) is 0 Å². The summed E-state index contributed by atoms with van der Waals surface area (Å²) in [6.07, 6.45) is 3.80. The van der Waals surface area contributed by atoms with E-state index in [1.807, 2.05) is 0 Å². The second-order valence-electron chi connectivity index (χ2n) is 6.25. The molecule has 0 spiro atoms. The summed E-state index contributed by atoms with van der Waals surface area (Å²) >= 11 is 0. The number of carbonyl (C=O) groups is 2. The van der Waals surface area contributed by atoms with Crippen molar-refractivity contribution in [2.75, 3.05) is 5.32 Å². The molecule has 0 bridgehead atoms. The number of allylic oxidation sites excluding steroid dienone is 5. The molecular weight excluding hydrogens is 389 g/mol. The number of amides is 2. The number of ether oxygens (including phenoxy) is 1. The van der Waals surface area contributed by atoms with Crippen LogP contribution in [-0.2, 0) is 4.79 Å². The van der Waals surface area contributed by atoms with Crippen LogP contribution in [0.4, 0.5) is 10.2 Å². The van der Waals surface area contributed by atoms with Gasteiger partial charge in [0, 0.05) is 11.6 Å². The molecule has 0 aliphatic rings. The second kappa shape index (κ2) is 9.97. The zero-order valence-corrected chi connectivity index (χ0v) is 16.6. The van der Waals surface area contributed by atoms with Gasteiger partial charge in [0.15, 0.2) is 5.82 Å². The summed E-state index contributed by atoms with van der Waals surface area (Å²) in [5.41, 5.74) is 11.2. The molecule has 0 radical (unpaired) electrons. The highest BCUT2D eigenvalue weighted by Gasteiger charge is 2.14. The van der Waals surface area contributed by atoms with E-state index in [1.54, 1.807) is 38.1 Å². The molecule has 2 aromatic rings. The Morgan fingerprint density at radius 3 is 2.43 bits per heavy atom. The molecule has 1 heterocycles. The predicted molar refractivity (Wildman–Crippen MR) is 112 cm³/mol. The number of anilines is 1. The largest absolute Gasteiger partial charge is 0.462 e. The Labute approximate surface area is 173 Å². The number of rotatable bonds is 9. The smallest absolute Gasteiger partial charge is 0.267 e. The fourth-order valence-electron chi connectivity index (χ4n) is 2.23. The van der Waals surface area contributed by atoms with Crippen molar-refractivity contribution in [3.05, 3.63) is 72.4 Å². The van der Waals surface area contributed by atoms with E-state index in [0.717, 1.165) is 6.08 Å². The number of primary amides is 2. The van der Waals surface area contributed by atoms with Gasteiger partial charge in [0.1, 0.15) is 34.9 Å². The first-order valence-corrected chi connectivity index (χ1v) is 8.89. The topological polar surface area (TPSA) is 133 Å².